The summed E-state index contributed by atoms with van der Waals surface area (Å²) >= 11 is 0. The Hall–Kier alpha value is -2.46. The lowest BCUT2D eigenvalue weighted by atomic mass is 10.1. The van der Waals surface area contributed by atoms with Gasteiger partial charge in [-0.15, -0.1) is 12.4 Å². The molecule has 5 heteroatoms. The number of para-hydroxylation sites is 1. The summed E-state index contributed by atoms with van der Waals surface area (Å²) in [6.45, 7) is 2.67. The number of hydrogen-bond donors (Lipinski definition) is 0. The SMILES string of the molecule is CCCOc1cccc2c(=O)ccn(-c3ccc(OC)cc3)c12.Cl. The van der Waals surface area contributed by atoms with E-state index in [9.17, 15) is 4.79 Å². The van der Waals surface area contributed by atoms with E-state index in [0.29, 0.717) is 12.0 Å². The fourth-order valence-electron chi connectivity index (χ4n) is 2.56. The van der Waals surface area contributed by atoms with Crippen molar-refractivity contribution in [2.24, 2.45) is 0 Å². The van der Waals surface area contributed by atoms with Gasteiger partial charge in [0, 0.05) is 23.3 Å². The first-order valence-electron chi connectivity index (χ1n) is 7.66. The summed E-state index contributed by atoms with van der Waals surface area (Å²) in [6.07, 6.45) is 2.70. The molecule has 126 valence electrons. The van der Waals surface area contributed by atoms with E-state index in [4.69, 9.17) is 9.47 Å². The molecule has 0 spiro atoms. The summed E-state index contributed by atoms with van der Waals surface area (Å²) < 4.78 is 13.0. The number of ether oxygens (including phenoxy) is 2. The number of aromatic nitrogens is 1. The minimum absolute atomic E-state index is 0. The van der Waals surface area contributed by atoms with E-state index in [1.165, 1.54) is 0 Å². The van der Waals surface area contributed by atoms with Crippen LogP contribution in [-0.2, 0) is 0 Å². The van der Waals surface area contributed by atoms with Crippen molar-refractivity contribution in [3.05, 3.63) is 65.0 Å². The molecule has 0 aliphatic carbocycles. The zero-order valence-corrected chi connectivity index (χ0v) is 14.5. The molecule has 3 rings (SSSR count). The van der Waals surface area contributed by atoms with Crippen molar-refractivity contribution in [1.82, 2.24) is 4.57 Å². The third-order valence-corrected chi connectivity index (χ3v) is 3.69. The van der Waals surface area contributed by atoms with Crippen LogP contribution < -0.4 is 14.9 Å². The maximum Gasteiger partial charge on any atom is 0.189 e. The highest BCUT2D eigenvalue weighted by Crippen LogP contribution is 2.27. The lowest BCUT2D eigenvalue weighted by molar-refractivity contribution is 0.320. The first-order valence-corrected chi connectivity index (χ1v) is 7.66. The van der Waals surface area contributed by atoms with Gasteiger partial charge in [-0.05, 0) is 42.8 Å². The van der Waals surface area contributed by atoms with Gasteiger partial charge in [0.2, 0.25) is 0 Å². The second-order valence-corrected chi connectivity index (χ2v) is 5.25. The molecule has 1 heterocycles. The van der Waals surface area contributed by atoms with Crippen molar-refractivity contribution < 1.29 is 9.47 Å². The summed E-state index contributed by atoms with van der Waals surface area (Å²) in [7, 11) is 1.64. The molecule has 0 bridgehead atoms. The number of rotatable bonds is 5. The van der Waals surface area contributed by atoms with Gasteiger partial charge >= 0.3 is 0 Å². The minimum atomic E-state index is -0.00768. The largest absolute Gasteiger partial charge is 0.497 e. The summed E-state index contributed by atoms with van der Waals surface area (Å²) in [4.78, 5) is 12.2. The lowest BCUT2D eigenvalue weighted by Gasteiger charge is -2.15. The third kappa shape index (κ3) is 3.39. The fraction of sp³-hybridized carbons (Fsp3) is 0.211. The highest BCUT2D eigenvalue weighted by Gasteiger charge is 2.10. The van der Waals surface area contributed by atoms with Gasteiger partial charge < -0.3 is 14.0 Å². The Bertz CT molecular complexity index is 872. The Kier molecular flexibility index (Phi) is 5.88. The number of pyridine rings is 1. The van der Waals surface area contributed by atoms with E-state index in [0.717, 1.165) is 29.1 Å². The quantitative estimate of drug-likeness (QED) is 0.695. The monoisotopic (exact) mass is 345 g/mol. The average Bonchev–Trinajstić information content (AvgIpc) is 2.60. The molecule has 0 N–H and O–H groups in total. The van der Waals surface area contributed by atoms with E-state index >= 15 is 0 Å². The molecule has 2 aromatic carbocycles. The molecule has 0 atom stereocenters. The molecule has 0 saturated carbocycles. The smallest absolute Gasteiger partial charge is 0.189 e. The van der Waals surface area contributed by atoms with Crippen LogP contribution in [0.5, 0.6) is 11.5 Å². The van der Waals surface area contributed by atoms with Gasteiger partial charge in [0.25, 0.3) is 0 Å². The first-order chi connectivity index (χ1) is 11.2. The standard InChI is InChI=1S/C19H19NO3.ClH/c1-3-13-23-18-6-4-5-16-17(21)11-12-20(19(16)18)14-7-9-15(22-2)10-8-14;/h4-12H,3,13H2,1-2H3;1H. The molecular weight excluding hydrogens is 326 g/mol. The normalized spacial score (nSPS) is 10.2. The van der Waals surface area contributed by atoms with Gasteiger partial charge in [-0.25, -0.2) is 0 Å². The Morgan fingerprint density at radius 1 is 1.04 bits per heavy atom. The Morgan fingerprint density at radius 2 is 1.79 bits per heavy atom. The molecule has 0 radical (unpaired) electrons. The number of methoxy groups -OCH3 is 1. The molecule has 24 heavy (non-hydrogen) atoms. The van der Waals surface area contributed by atoms with E-state index in [2.05, 4.69) is 6.92 Å². The first kappa shape index (κ1) is 17.9. The van der Waals surface area contributed by atoms with Crippen LogP contribution in [0, 0.1) is 0 Å². The topological polar surface area (TPSA) is 40.5 Å². The van der Waals surface area contributed by atoms with Gasteiger partial charge in [-0.3, -0.25) is 4.79 Å². The molecule has 0 aliphatic heterocycles. The van der Waals surface area contributed by atoms with Crippen molar-refractivity contribution in [3.63, 3.8) is 0 Å². The highest BCUT2D eigenvalue weighted by molar-refractivity contribution is 5.86. The van der Waals surface area contributed by atoms with Crippen molar-refractivity contribution in [2.45, 2.75) is 13.3 Å². The van der Waals surface area contributed by atoms with Crippen LogP contribution in [-0.4, -0.2) is 18.3 Å². The predicted octanol–water partition coefficient (Wildman–Crippen LogP) is 4.21. The highest BCUT2D eigenvalue weighted by atomic mass is 35.5. The van der Waals surface area contributed by atoms with Crippen molar-refractivity contribution in [3.8, 4) is 17.2 Å². The average molecular weight is 346 g/mol. The number of benzene rings is 2. The molecular formula is C19H20ClNO3. The Morgan fingerprint density at radius 3 is 2.46 bits per heavy atom. The van der Waals surface area contributed by atoms with E-state index < -0.39 is 0 Å². The van der Waals surface area contributed by atoms with E-state index in [1.807, 2.05) is 47.0 Å². The fourth-order valence-corrected chi connectivity index (χ4v) is 2.56. The van der Waals surface area contributed by atoms with Crippen LogP contribution in [0.25, 0.3) is 16.6 Å². The van der Waals surface area contributed by atoms with E-state index in [1.54, 1.807) is 19.4 Å². The molecule has 0 aliphatic rings. The number of halogens is 1. The van der Waals surface area contributed by atoms with Crippen molar-refractivity contribution in [1.29, 1.82) is 0 Å². The summed E-state index contributed by atoms with van der Waals surface area (Å²) in [5.74, 6) is 1.51. The number of nitrogens with zero attached hydrogens (tertiary/aromatic N) is 1. The zero-order valence-electron chi connectivity index (χ0n) is 13.7. The number of fused-ring (bicyclic) bond motifs is 1. The Labute approximate surface area is 147 Å². The van der Waals surface area contributed by atoms with Gasteiger partial charge in [0.05, 0.1) is 19.2 Å². The maximum atomic E-state index is 12.2. The van der Waals surface area contributed by atoms with Crippen LogP contribution in [0.4, 0.5) is 0 Å². The lowest BCUT2D eigenvalue weighted by Crippen LogP contribution is -2.08. The molecule has 4 nitrogen and oxygen atoms in total. The molecule has 3 aromatic rings. The molecule has 0 unspecified atom stereocenters. The summed E-state index contributed by atoms with van der Waals surface area (Å²) in [5.41, 5.74) is 1.73. The third-order valence-electron chi connectivity index (χ3n) is 3.69. The Balaban J connectivity index is 0.00000208. The predicted molar refractivity (Wildman–Crippen MR) is 99.1 cm³/mol. The van der Waals surface area contributed by atoms with Crippen LogP contribution in [0.2, 0.25) is 0 Å². The minimum Gasteiger partial charge on any atom is -0.497 e. The molecule has 1 aromatic heterocycles. The van der Waals surface area contributed by atoms with Gasteiger partial charge in [0.1, 0.15) is 11.5 Å². The molecule has 0 amide bonds. The van der Waals surface area contributed by atoms with Crippen molar-refractivity contribution in [2.75, 3.05) is 13.7 Å². The van der Waals surface area contributed by atoms with Crippen LogP contribution in [0.1, 0.15) is 13.3 Å². The summed E-state index contributed by atoms with van der Waals surface area (Å²) in [6, 6.07) is 14.9. The number of hydrogen-bond acceptors (Lipinski definition) is 3. The van der Waals surface area contributed by atoms with Crippen molar-refractivity contribution >= 4 is 23.3 Å². The van der Waals surface area contributed by atoms with Crippen LogP contribution >= 0.6 is 12.4 Å². The summed E-state index contributed by atoms with van der Waals surface area (Å²) in [5, 5.41) is 0.650. The van der Waals surface area contributed by atoms with Crippen LogP contribution in [0.15, 0.2) is 59.5 Å². The van der Waals surface area contributed by atoms with Gasteiger partial charge in [-0.1, -0.05) is 13.0 Å². The van der Waals surface area contributed by atoms with Crippen LogP contribution in [0.3, 0.4) is 0 Å². The molecule has 0 saturated heterocycles. The molecule has 0 fully saturated rings. The second kappa shape index (κ2) is 7.88. The second-order valence-electron chi connectivity index (χ2n) is 5.25. The van der Waals surface area contributed by atoms with E-state index in [-0.39, 0.29) is 17.8 Å². The maximum absolute atomic E-state index is 12.2. The van der Waals surface area contributed by atoms with Gasteiger partial charge in [0.15, 0.2) is 5.43 Å². The van der Waals surface area contributed by atoms with Gasteiger partial charge in [-0.2, -0.15) is 0 Å². The zero-order chi connectivity index (χ0) is 16.2.